The lowest BCUT2D eigenvalue weighted by Gasteiger charge is -2.33. The summed E-state index contributed by atoms with van der Waals surface area (Å²) in [6.45, 7) is 6.41. The summed E-state index contributed by atoms with van der Waals surface area (Å²) in [5.41, 5.74) is 0. The van der Waals surface area contributed by atoms with E-state index in [0.29, 0.717) is 18.9 Å². The van der Waals surface area contributed by atoms with Gasteiger partial charge in [-0.25, -0.2) is 13.4 Å². The quantitative estimate of drug-likeness (QED) is 0.830. The minimum absolute atomic E-state index is 0.0253. The average molecular weight is 313 g/mol. The lowest BCUT2D eigenvalue weighted by atomic mass is 10.0. The summed E-state index contributed by atoms with van der Waals surface area (Å²) < 4.78 is 28.9. The Bertz CT molecular complexity index is 621. The van der Waals surface area contributed by atoms with E-state index in [2.05, 4.69) is 4.98 Å². The number of piperidine rings is 1. The minimum atomic E-state index is -3.62. The molecule has 1 aliphatic heterocycles. The lowest BCUT2D eigenvalue weighted by Crippen LogP contribution is -2.44. The molecule has 2 heterocycles. The van der Waals surface area contributed by atoms with Crippen LogP contribution in [0, 0.1) is 6.92 Å². The number of rotatable bonds is 5. The van der Waals surface area contributed by atoms with E-state index >= 15 is 0 Å². The third kappa shape index (κ3) is 3.35. The van der Waals surface area contributed by atoms with Crippen molar-refractivity contribution in [3.05, 3.63) is 12.0 Å². The van der Waals surface area contributed by atoms with Crippen molar-refractivity contribution >= 4 is 15.8 Å². The SMILES string of the molecule is CCn1cc(S(=O)(=O)N2CCCCC2CC(C)=O)nc1C. The zero-order valence-electron chi connectivity index (χ0n) is 12.9. The number of aryl methyl sites for hydroxylation is 2. The molecule has 0 bridgehead atoms. The molecular formula is C14H23N3O3S. The van der Waals surface area contributed by atoms with Crippen LogP contribution in [0.3, 0.4) is 0 Å². The Hall–Kier alpha value is -1.21. The van der Waals surface area contributed by atoms with Crippen molar-refractivity contribution in [1.82, 2.24) is 13.9 Å². The van der Waals surface area contributed by atoms with Crippen molar-refractivity contribution in [1.29, 1.82) is 0 Å². The molecule has 0 amide bonds. The maximum atomic E-state index is 12.8. The second kappa shape index (κ2) is 6.27. The van der Waals surface area contributed by atoms with Gasteiger partial charge in [-0.3, -0.25) is 4.79 Å². The first-order valence-electron chi connectivity index (χ1n) is 7.41. The van der Waals surface area contributed by atoms with Gasteiger partial charge in [0.2, 0.25) is 0 Å². The molecule has 1 unspecified atom stereocenters. The van der Waals surface area contributed by atoms with Crippen LogP contribution in [0.25, 0.3) is 0 Å². The van der Waals surface area contributed by atoms with Crippen LogP contribution in [-0.4, -0.2) is 40.6 Å². The second-order valence-electron chi connectivity index (χ2n) is 5.58. The van der Waals surface area contributed by atoms with Crippen LogP contribution in [0.4, 0.5) is 0 Å². The summed E-state index contributed by atoms with van der Waals surface area (Å²) in [5.74, 6) is 0.716. The summed E-state index contributed by atoms with van der Waals surface area (Å²) in [6, 6.07) is -0.228. The molecular weight excluding hydrogens is 290 g/mol. The molecule has 1 aromatic rings. The van der Waals surface area contributed by atoms with Crippen LogP contribution in [0.2, 0.25) is 0 Å². The molecule has 0 aliphatic carbocycles. The molecule has 0 saturated carbocycles. The fraction of sp³-hybridized carbons (Fsp3) is 0.714. The van der Waals surface area contributed by atoms with Gasteiger partial charge < -0.3 is 4.57 Å². The highest BCUT2D eigenvalue weighted by Gasteiger charge is 2.35. The standard InChI is InChI=1S/C14H23N3O3S/c1-4-16-10-14(15-12(16)3)21(19,20)17-8-6-5-7-13(17)9-11(2)18/h10,13H,4-9H2,1-3H3. The number of carbonyl (C=O) groups excluding carboxylic acids is 1. The van der Waals surface area contributed by atoms with E-state index in [-0.39, 0.29) is 23.3 Å². The molecule has 1 aliphatic rings. The molecule has 2 rings (SSSR count). The third-order valence-corrected chi connectivity index (χ3v) is 5.79. The van der Waals surface area contributed by atoms with Crippen molar-refractivity contribution in [3.63, 3.8) is 0 Å². The zero-order valence-corrected chi connectivity index (χ0v) is 13.7. The predicted molar refractivity (Wildman–Crippen MR) is 79.5 cm³/mol. The highest BCUT2D eigenvalue weighted by molar-refractivity contribution is 7.89. The normalized spacial score (nSPS) is 20.6. The molecule has 7 heteroatoms. The molecule has 0 spiro atoms. The number of ketones is 1. The number of sulfonamides is 1. The van der Waals surface area contributed by atoms with Crippen LogP contribution in [0.1, 0.15) is 45.4 Å². The second-order valence-corrected chi connectivity index (χ2v) is 7.42. The van der Waals surface area contributed by atoms with E-state index in [1.807, 2.05) is 11.5 Å². The van der Waals surface area contributed by atoms with Crippen molar-refractivity contribution in [3.8, 4) is 0 Å². The van der Waals surface area contributed by atoms with E-state index < -0.39 is 10.0 Å². The Morgan fingerprint density at radius 3 is 2.71 bits per heavy atom. The Morgan fingerprint density at radius 2 is 2.14 bits per heavy atom. The summed E-state index contributed by atoms with van der Waals surface area (Å²) in [4.78, 5) is 15.6. The number of carbonyl (C=O) groups is 1. The first-order chi connectivity index (χ1) is 9.86. The van der Waals surface area contributed by atoms with Gasteiger partial charge in [-0.05, 0) is 33.6 Å². The van der Waals surface area contributed by atoms with Gasteiger partial charge in [-0.1, -0.05) is 6.42 Å². The van der Waals surface area contributed by atoms with Crippen molar-refractivity contribution < 1.29 is 13.2 Å². The molecule has 1 atom stereocenters. The van der Waals surface area contributed by atoms with Crippen LogP contribution < -0.4 is 0 Å². The molecule has 21 heavy (non-hydrogen) atoms. The summed E-state index contributed by atoms with van der Waals surface area (Å²) >= 11 is 0. The smallest absolute Gasteiger partial charge is 0.262 e. The summed E-state index contributed by atoms with van der Waals surface area (Å²) in [6.07, 6.45) is 4.41. The molecule has 0 radical (unpaired) electrons. The molecule has 1 aromatic heterocycles. The Morgan fingerprint density at radius 1 is 1.43 bits per heavy atom. The first-order valence-corrected chi connectivity index (χ1v) is 8.85. The zero-order chi connectivity index (χ0) is 15.6. The Kier molecular flexibility index (Phi) is 4.83. The van der Waals surface area contributed by atoms with E-state index in [1.165, 1.54) is 11.2 Å². The number of aromatic nitrogens is 2. The fourth-order valence-corrected chi connectivity index (χ4v) is 4.56. The van der Waals surface area contributed by atoms with Gasteiger partial charge in [-0.2, -0.15) is 4.31 Å². The number of hydrogen-bond donors (Lipinski definition) is 0. The minimum Gasteiger partial charge on any atom is -0.334 e. The van der Waals surface area contributed by atoms with Gasteiger partial charge >= 0.3 is 0 Å². The molecule has 0 N–H and O–H groups in total. The van der Waals surface area contributed by atoms with E-state index in [0.717, 1.165) is 19.3 Å². The monoisotopic (exact) mass is 313 g/mol. The van der Waals surface area contributed by atoms with E-state index in [1.54, 1.807) is 13.1 Å². The molecule has 1 saturated heterocycles. The summed E-state index contributed by atoms with van der Waals surface area (Å²) in [5, 5.41) is 0.0947. The number of Topliss-reactive ketones (excluding diaryl/α,β-unsaturated/α-hetero) is 1. The van der Waals surface area contributed by atoms with E-state index in [4.69, 9.17) is 0 Å². The highest BCUT2D eigenvalue weighted by Crippen LogP contribution is 2.27. The Labute approximate surface area is 126 Å². The fourth-order valence-electron chi connectivity index (χ4n) is 2.87. The van der Waals surface area contributed by atoms with Gasteiger partial charge in [0.25, 0.3) is 10.0 Å². The first kappa shape index (κ1) is 16.2. The van der Waals surface area contributed by atoms with Gasteiger partial charge in [-0.15, -0.1) is 0 Å². The number of nitrogens with zero attached hydrogens (tertiary/aromatic N) is 3. The van der Waals surface area contributed by atoms with Crippen LogP contribution in [-0.2, 0) is 21.4 Å². The predicted octanol–water partition coefficient (Wildman–Crippen LogP) is 1.73. The number of hydrogen-bond acceptors (Lipinski definition) is 4. The van der Waals surface area contributed by atoms with Crippen LogP contribution in [0.5, 0.6) is 0 Å². The maximum absolute atomic E-state index is 12.8. The van der Waals surface area contributed by atoms with Gasteiger partial charge in [0, 0.05) is 31.7 Å². The largest absolute Gasteiger partial charge is 0.334 e. The Balaban J connectivity index is 2.33. The third-order valence-electron chi connectivity index (χ3n) is 3.96. The van der Waals surface area contributed by atoms with Gasteiger partial charge in [0.05, 0.1) is 0 Å². The maximum Gasteiger partial charge on any atom is 0.262 e. The molecule has 118 valence electrons. The van der Waals surface area contributed by atoms with Crippen LogP contribution in [0.15, 0.2) is 11.2 Å². The van der Waals surface area contributed by atoms with E-state index in [9.17, 15) is 13.2 Å². The molecule has 1 fully saturated rings. The average Bonchev–Trinajstić information content (AvgIpc) is 2.80. The number of imidazole rings is 1. The van der Waals surface area contributed by atoms with Gasteiger partial charge in [0.1, 0.15) is 11.6 Å². The van der Waals surface area contributed by atoms with Crippen LogP contribution >= 0.6 is 0 Å². The van der Waals surface area contributed by atoms with Crippen molar-refractivity contribution in [2.75, 3.05) is 6.54 Å². The molecule has 0 aromatic carbocycles. The lowest BCUT2D eigenvalue weighted by molar-refractivity contribution is -0.118. The highest BCUT2D eigenvalue weighted by atomic mass is 32.2. The van der Waals surface area contributed by atoms with Crippen molar-refractivity contribution in [2.24, 2.45) is 0 Å². The topological polar surface area (TPSA) is 72.3 Å². The van der Waals surface area contributed by atoms with Gasteiger partial charge in [0.15, 0.2) is 5.03 Å². The summed E-state index contributed by atoms with van der Waals surface area (Å²) in [7, 11) is -3.62. The molecule has 6 nitrogen and oxygen atoms in total. The van der Waals surface area contributed by atoms with Crippen molar-refractivity contribution in [2.45, 2.75) is 64.1 Å².